The lowest BCUT2D eigenvalue weighted by molar-refractivity contribution is -0.138. The van der Waals surface area contributed by atoms with Gasteiger partial charge in [0, 0.05) is 37.9 Å². The van der Waals surface area contributed by atoms with Crippen molar-refractivity contribution >= 4 is 33.8 Å². The molecular weight excluding hydrogens is 545 g/mol. The highest BCUT2D eigenvalue weighted by molar-refractivity contribution is 7.17. The number of allylic oxidation sites excluding steroid dienone is 5. The van der Waals surface area contributed by atoms with Gasteiger partial charge in [0.25, 0.3) is 0 Å². The molecule has 3 N–H and O–H groups in total. The van der Waals surface area contributed by atoms with Gasteiger partial charge in [-0.2, -0.15) is 18.3 Å². The summed E-state index contributed by atoms with van der Waals surface area (Å²) in [5, 5.41) is 19.9. The van der Waals surface area contributed by atoms with Gasteiger partial charge in [0.15, 0.2) is 17.5 Å². The van der Waals surface area contributed by atoms with Crippen molar-refractivity contribution in [3.05, 3.63) is 75.5 Å². The Morgan fingerprint density at radius 3 is 2.75 bits per heavy atom. The number of nitrogens with zero attached hydrogens (tertiary/aromatic N) is 5. The SMILES string of the molecule is CC1=CCCC2=C1C(c1ccccc1C(F)(F)F)=CC1(CCN(c3ncc(/C(N)=N/N=NCC(=O)O)s3)CC1)O2. The number of rotatable bonds is 6. The van der Waals surface area contributed by atoms with Gasteiger partial charge in [-0.25, -0.2) is 4.98 Å². The molecule has 2 aromatic rings. The highest BCUT2D eigenvalue weighted by Crippen LogP contribution is 2.48. The molecule has 0 atom stereocenters. The molecule has 1 saturated heterocycles. The number of anilines is 1. The number of ether oxygens (including phenoxy) is 1. The molecular formula is C27H27F3N6O3S. The number of carbonyl (C=O) groups is 1. The molecule has 1 aromatic heterocycles. The van der Waals surface area contributed by atoms with E-state index in [1.54, 1.807) is 18.3 Å². The highest BCUT2D eigenvalue weighted by Gasteiger charge is 2.43. The Kier molecular flexibility index (Phi) is 7.49. The summed E-state index contributed by atoms with van der Waals surface area (Å²) in [6.07, 6.45) is 3.58. The van der Waals surface area contributed by atoms with Crippen molar-refractivity contribution in [1.82, 2.24) is 4.98 Å². The number of hydrogen-bond donors (Lipinski definition) is 2. The summed E-state index contributed by atoms with van der Waals surface area (Å²) in [4.78, 5) is 17.6. The number of benzene rings is 1. The number of halogens is 3. The van der Waals surface area contributed by atoms with Gasteiger partial charge < -0.3 is 20.5 Å². The molecule has 1 spiro atoms. The lowest BCUT2D eigenvalue weighted by Crippen LogP contribution is -2.46. The average Bonchev–Trinajstić information content (AvgIpc) is 3.41. The molecule has 3 aliphatic rings. The molecule has 13 heteroatoms. The van der Waals surface area contributed by atoms with E-state index < -0.39 is 29.9 Å². The molecule has 0 saturated carbocycles. The minimum atomic E-state index is -4.48. The van der Waals surface area contributed by atoms with Crippen molar-refractivity contribution in [2.45, 2.75) is 44.4 Å². The van der Waals surface area contributed by atoms with Crippen LogP contribution in [0.15, 0.2) is 75.0 Å². The first-order valence-corrected chi connectivity index (χ1v) is 13.5. The molecule has 1 aromatic carbocycles. The van der Waals surface area contributed by atoms with Gasteiger partial charge >= 0.3 is 12.1 Å². The highest BCUT2D eigenvalue weighted by atomic mass is 32.1. The largest absolute Gasteiger partial charge is 0.487 e. The van der Waals surface area contributed by atoms with Crippen LogP contribution in [0.2, 0.25) is 0 Å². The number of thiazole rings is 1. The van der Waals surface area contributed by atoms with Gasteiger partial charge in [-0.05, 0) is 47.4 Å². The molecule has 3 heterocycles. The fourth-order valence-electron chi connectivity index (χ4n) is 5.19. The van der Waals surface area contributed by atoms with Crippen molar-refractivity contribution in [2.75, 3.05) is 24.5 Å². The van der Waals surface area contributed by atoms with E-state index in [2.05, 4.69) is 31.4 Å². The molecule has 1 fully saturated rings. The van der Waals surface area contributed by atoms with Gasteiger partial charge in [0.05, 0.1) is 16.6 Å². The van der Waals surface area contributed by atoms with E-state index >= 15 is 0 Å². The first-order chi connectivity index (χ1) is 19.1. The third-order valence-electron chi connectivity index (χ3n) is 7.07. The molecule has 2 aliphatic heterocycles. The maximum atomic E-state index is 14.0. The number of aliphatic carboxylic acids is 1. The third kappa shape index (κ3) is 5.64. The monoisotopic (exact) mass is 572 g/mol. The summed E-state index contributed by atoms with van der Waals surface area (Å²) in [7, 11) is 0. The van der Waals surface area contributed by atoms with Crippen molar-refractivity contribution in [2.24, 2.45) is 21.2 Å². The van der Waals surface area contributed by atoms with Gasteiger partial charge in [-0.1, -0.05) is 35.6 Å². The predicted molar refractivity (Wildman–Crippen MR) is 145 cm³/mol. The Morgan fingerprint density at radius 1 is 1.27 bits per heavy atom. The second-order valence-electron chi connectivity index (χ2n) is 9.75. The van der Waals surface area contributed by atoms with Crippen LogP contribution in [0.1, 0.15) is 48.6 Å². The molecule has 0 amide bonds. The zero-order valence-electron chi connectivity index (χ0n) is 21.6. The Labute approximate surface area is 232 Å². The van der Waals surface area contributed by atoms with Crippen LogP contribution in [0, 0.1) is 0 Å². The maximum Gasteiger partial charge on any atom is 0.417 e. The second kappa shape index (κ2) is 10.9. The van der Waals surface area contributed by atoms with E-state index in [1.165, 1.54) is 17.4 Å². The Hall–Kier alpha value is -4.00. The van der Waals surface area contributed by atoms with Crippen LogP contribution in [-0.2, 0) is 15.7 Å². The number of amidine groups is 1. The van der Waals surface area contributed by atoms with E-state index in [4.69, 9.17) is 15.6 Å². The second-order valence-corrected chi connectivity index (χ2v) is 10.8. The summed E-state index contributed by atoms with van der Waals surface area (Å²) in [5.74, 6) is -0.310. The molecule has 1 aliphatic carbocycles. The van der Waals surface area contributed by atoms with E-state index in [1.807, 2.05) is 13.0 Å². The van der Waals surface area contributed by atoms with E-state index in [0.717, 1.165) is 29.4 Å². The fraction of sp³-hybridized carbons (Fsp3) is 0.370. The van der Waals surface area contributed by atoms with Crippen molar-refractivity contribution < 1.29 is 27.8 Å². The molecule has 40 heavy (non-hydrogen) atoms. The molecule has 0 unspecified atom stereocenters. The first-order valence-electron chi connectivity index (χ1n) is 12.7. The Morgan fingerprint density at radius 2 is 2.02 bits per heavy atom. The molecule has 5 rings (SSSR count). The van der Waals surface area contributed by atoms with E-state index in [9.17, 15) is 18.0 Å². The van der Waals surface area contributed by atoms with Crippen LogP contribution >= 0.6 is 11.3 Å². The minimum absolute atomic E-state index is 0.0677. The molecule has 9 nitrogen and oxygen atoms in total. The number of aromatic nitrogens is 1. The van der Waals surface area contributed by atoms with Gasteiger partial charge in [-0.3, -0.25) is 4.79 Å². The molecule has 0 radical (unpaired) electrons. The average molecular weight is 573 g/mol. The Balaban J connectivity index is 1.39. The summed E-state index contributed by atoms with van der Waals surface area (Å²) in [5.41, 5.74) is 6.98. The van der Waals surface area contributed by atoms with Crippen molar-refractivity contribution in [1.29, 1.82) is 0 Å². The number of carboxylic acid groups (broad SMARTS) is 1. The topological polar surface area (TPSA) is 126 Å². The van der Waals surface area contributed by atoms with Crippen LogP contribution in [-0.4, -0.2) is 47.1 Å². The predicted octanol–water partition coefficient (Wildman–Crippen LogP) is 5.77. The lowest BCUT2D eigenvalue weighted by atomic mass is 9.78. The fourth-order valence-corrected chi connectivity index (χ4v) is 6.06. The van der Waals surface area contributed by atoms with Crippen LogP contribution in [0.25, 0.3) is 5.57 Å². The summed E-state index contributed by atoms with van der Waals surface area (Å²) < 4.78 is 48.7. The quantitative estimate of drug-likeness (QED) is 0.196. The maximum absolute atomic E-state index is 14.0. The van der Waals surface area contributed by atoms with Crippen LogP contribution in [0.4, 0.5) is 18.3 Å². The number of hydrogen-bond acceptors (Lipinski definition) is 7. The Bertz CT molecular complexity index is 1470. The first kappa shape index (κ1) is 27.6. The van der Waals surface area contributed by atoms with Gasteiger partial charge in [-0.15, -0.1) is 5.10 Å². The number of piperidine rings is 1. The molecule has 0 bridgehead atoms. The third-order valence-corrected chi connectivity index (χ3v) is 8.15. The van der Waals surface area contributed by atoms with E-state index in [0.29, 0.717) is 47.9 Å². The smallest absolute Gasteiger partial charge is 0.417 e. The van der Waals surface area contributed by atoms with E-state index in [-0.39, 0.29) is 11.4 Å². The number of alkyl halides is 3. The summed E-state index contributed by atoms with van der Waals surface area (Å²) in [6, 6.07) is 5.73. The van der Waals surface area contributed by atoms with Crippen molar-refractivity contribution in [3.63, 3.8) is 0 Å². The minimum Gasteiger partial charge on any atom is -0.487 e. The van der Waals surface area contributed by atoms with Gasteiger partial charge in [0.2, 0.25) is 0 Å². The van der Waals surface area contributed by atoms with Crippen molar-refractivity contribution in [3.8, 4) is 0 Å². The zero-order chi connectivity index (χ0) is 28.5. The standard InChI is InChI=1S/C27H27F3N6O3S/c1-16-5-4-8-20-23(16)18(17-6-2-3-7-19(17)27(28,29)30)13-26(39-20)9-11-36(12-10-26)25-32-14-21(40-25)24(31)34-35-33-15-22(37)38/h2-3,5-7,13-14H,4,8-12,15H2,1H3,(H,37,38)(H2,31,33,34). The lowest BCUT2D eigenvalue weighted by Gasteiger charge is -2.44. The summed E-state index contributed by atoms with van der Waals surface area (Å²) >= 11 is 1.31. The number of nitrogens with two attached hydrogens (primary N) is 1. The summed E-state index contributed by atoms with van der Waals surface area (Å²) in [6.45, 7) is 2.56. The molecule has 210 valence electrons. The van der Waals surface area contributed by atoms with Crippen LogP contribution in [0.3, 0.4) is 0 Å². The zero-order valence-corrected chi connectivity index (χ0v) is 22.4. The normalized spacial score (nSPS) is 19.4. The van der Waals surface area contributed by atoms with Crippen LogP contribution in [0.5, 0.6) is 0 Å². The van der Waals surface area contributed by atoms with Crippen LogP contribution < -0.4 is 10.6 Å². The van der Waals surface area contributed by atoms with Gasteiger partial charge in [0.1, 0.15) is 11.4 Å². The number of carboxylic acids is 1.